The van der Waals surface area contributed by atoms with Gasteiger partial charge in [-0.3, -0.25) is 0 Å². The summed E-state index contributed by atoms with van der Waals surface area (Å²) in [7, 11) is 1.79. The summed E-state index contributed by atoms with van der Waals surface area (Å²) in [5.41, 5.74) is 0. The smallest absolute Gasteiger partial charge is 0.218 e. The van der Waals surface area contributed by atoms with Gasteiger partial charge in [0.15, 0.2) is 5.82 Å². The van der Waals surface area contributed by atoms with E-state index in [0.717, 1.165) is 0 Å². The molecule has 5 nitrogen and oxygen atoms in total. The molecule has 0 unspecified atom stereocenters. The molecule has 1 aromatic heterocycles. The second kappa shape index (κ2) is 7.47. The first kappa shape index (κ1) is 13.3. The van der Waals surface area contributed by atoms with Crippen molar-refractivity contribution in [1.29, 1.82) is 0 Å². The van der Waals surface area contributed by atoms with Crippen molar-refractivity contribution in [2.75, 3.05) is 25.6 Å². The lowest BCUT2D eigenvalue weighted by Crippen LogP contribution is -2.06. The van der Waals surface area contributed by atoms with E-state index in [9.17, 15) is 0 Å². The lowest BCUT2D eigenvalue weighted by molar-refractivity contribution is 0.127. The van der Waals surface area contributed by atoms with Crippen molar-refractivity contribution in [3.05, 3.63) is 11.9 Å². The Morgan fingerprint density at radius 3 is 2.94 bits per heavy atom. The van der Waals surface area contributed by atoms with Crippen molar-refractivity contribution in [2.45, 2.75) is 20.0 Å². The first-order chi connectivity index (χ1) is 8.30. The molecule has 17 heavy (non-hydrogen) atoms. The maximum atomic E-state index is 5.42. The monoisotopic (exact) mass is 235 g/mol. The highest BCUT2D eigenvalue weighted by molar-refractivity contribution is 5.37. The quantitative estimate of drug-likeness (QED) is 0.572. The number of hydrogen-bond acceptors (Lipinski definition) is 5. The van der Waals surface area contributed by atoms with Crippen LogP contribution in [0.2, 0.25) is 0 Å². The maximum Gasteiger partial charge on any atom is 0.218 e. The molecule has 0 bridgehead atoms. The third kappa shape index (κ3) is 4.70. The lowest BCUT2D eigenvalue weighted by atomic mass is 10.4. The highest BCUT2D eigenvalue weighted by Gasteiger charge is 2.04. The van der Waals surface area contributed by atoms with Gasteiger partial charge in [0.1, 0.15) is 19.0 Å². The molecule has 92 valence electrons. The molecule has 0 atom stereocenters. The predicted octanol–water partition coefficient (Wildman–Crippen LogP) is 1.46. The summed E-state index contributed by atoms with van der Waals surface area (Å²) in [6.45, 7) is 3.37. The second-order valence-electron chi connectivity index (χ2n) is 3.20. The number of anilines is 1. The van der Waals surface area contributed by atoms with Crippen molar-refractivity contribution >= 4 is 5.82 Å². The largest absolute Gasteiger partial charge is 0.477 e. The van der Waals surface area contributed by atoms with Crippen LogP contribution in [0.25, 0.3) is 0 Å². The predicted molar refractivity (Wildman–Crippen MR) is 65.9 cm³/mol. The van der Waals surface area contributed by atoms with Gasteiger partial charge in [-0.05, 0) is 6.92 Å². The Morgan fingerprint density at radius 1 is 1.47 bits per heavy atom. The number of nitrogens with zero attached hydrogens (tertiary/aromatic N) is 2. The molecule has 1 aromatic rings. The molecule has 0 saturated carbocycles. The van der Waals surface area contributed by atoms with E-state index in [1.807, 2.05) is 6.92 Å². The molecule has 0 spiro atoms. The molecule has 0 radical (unpaired) electrons. The second-order valence-corrected chi connectivity index (χ2v) is 3.20. The van der Waals surface area contributed by atoms with E-state index in [1.54, 1.807) is 13.1 Å². The molecule has 0 amide bonds. The molecular formula is C12H17N3O2. The lowest BCUT2D eigenvalue weighted by Gasteiger charge is -2.08. The summed E-state index contributed by atoms with van der Waals surface area (Å²) in [5.74, 6) is 4.31. The van der Waals surface area contributed by atoms with Crippen LogP contribution in [0.5, 0.6) is 5.88 Å². The third-order valence-corrected chi connectivity index (χ3v) is 1.94. The normalized spacial score (nSPS) is 9.71. The van der Waals surface area contributed by atoms with E-state index in [2.05, 4.69) is 21.2 Å². The Kier molecular flexibility index (Phi) is 5.83. The van der Waals surface area contributed by atoms with Crippen molar-refractivity contribution < 1.29 is 9.47 Å². The fourth-order valence-corrected chi connectivity index (χ4v) is 1.15. The van der Waals surface area contributed by atoms with Gasteiger partial charge in [0.2, 0.25) is 5.88 Å². The summed E-state index contributed by atoms with van der Waals surface area (Å²) in [6.07, 6.45) is 5.70. The number of hydrogen-bond donors (Lipinski definition) is 1. The molecule has 5 heteroatoms. The van der Waals surface area contributed by atoms with Crippen molar-refractivity contribution in [1.82, 2.24) is 9.97 Å². The fraction of sp³-hybridized carbons (Fsp3) is 0.500. The van der Waals surface area contributed by atoms with E-state index < -0.39 is 0 Å². The van der Waals surface area contributed by atoms with E-state index in [4.69, 9.17) is 15.9 Å². The Bertz CT molecular complexity index is 388. The fourth-order valence-electron chi connectivity index (χ4n) is 1.15. The molecular weight excluding hydrogens is 218 g/mol. The van der Waals surface area contributed by atoms with Crippen LogP contribution in [-0.2, 0) is 11.3 Å². The zero-order valence-electron chi connectivity index (χ0n) is 10.2. The molecule has 0 aliphatic carbocycles. The zero-order valence-corrected chi connectivity index (χ0v) is 10.2. The average molecular weight is 235 g/mol. The Balaban J connectivity index is 2.71. The number of ether oxygens (including phenoxy) is 2. The van der Waals surface area contributed by atoms with Crippen LogP contribution in [0.3, 0.4) is 0 Å². The summed E-state index contributed by atoms with van der Waals surface area (Å²) >= 11 is 0. The topological polar surface area (TPSA) is 56.3 Å². The minimum atomic E-state index is 0.373. The van der Waals surface area contributed by atoms with Crippen LogP contribution >= 0.6 is 0 Å². The first-order valence-electron chi connectivity index (χ1n) is 5.49. The molecule has 0 fully saturated rings. The van der Waals surface area contributed by atoms with Crippen LogP contribution < -0.4 is 10.1 Å². The van der Waals surface area contributed by atoms with Crippen molar-refractivity contribution in [3.63, 3.8) is 0 Å². The number of rotatable bonds is 7. The number of terminal acetylenes is 1. The molecule has 0 aliphatic heterocycles. The Labute approximate surface area is 102 Å². The highest BCUT2D eigenvalue weighted by Crippen LogP contribution is 2.13. The molecule has 0 aromatic carbocycles. The van der Waals surface area contributed by atoms with E-state index >= 15 is 0 Å². The maximum absolute atomic E-state index is 5.42. The summed E-state index contributed by atoms with van der Waals surface area (Å²) in [5, 5.41) is 2.95. The van der Waals surface area contributed by atoms with Gasteiger partial charge in [0, 0.05) is 26.1 Å². The first-order valence-corrected chi connectivity index (χ1v) is 5.49. The van der Waals surface area contributed by atoms with Gasteiger partial charge in [0.05, 0.1) is 0 Å². The molecule has 1 N–H and O–H groups in total. The summed E-state index contributed by atoms with van der Waals surface area (Å²) in [6, 6.07) is 1.73. The van der Waals surface area contributed by atoms with E-state index in [-0.39, 0.29) is 0 Å². The summed E-state index contributed by atoms with van der Waals surface area (Å²) in [4.78, 5) is 8.47. The minimum Gasteiger partial charge on any atom is -0.477 e. The third-order valence-electron chi connectivity index (χ3n) is 1.94. The van der Waals surface area contributed by atoms with Crippen molar-refractivity contribution in [3.8, 4) is 18.2 Å². The van der Waals surface area contributed by atoms with Crippen LogP contribution in [0.1, 0.15) is 19.2 Å². The van der Waals surface area contributed by atoms with Gasteiger partial charge >= 0.3 is 0 Å². The SMILES string of the molecule is C#CCCOc1cc(NC)nc(COCC)n1. The summed E-state index contributed by atoms with van der Waals surface area (Å²) < 4.78 is 10.7. The van der Waals surface area contributed by atoms with Gasteiger partial charge in [-0.1, -0.05) is 0 Å². The molecule has 0 aliphatic rings. The van der Waals surface area contributed by atoms with E-state index in [1.165, 1.54) is 0 Å². The average Bonchev–Trinajstić information content (AvgIpc) is 2.36. The minimum absolute atomic E-state index is 0.373. The zero-order chi connectivity index (χ0) is 12.5. The highest BCUT2D eigenvalue weighted by atomic mass is 16.5. The van der Waals surface area contributed by atoms with Crippen LogP contribution in [-0.4, -0.2) is 30.2 Å². The van der Waals surface area contributed by atoms with Crippen LogP contribution in [0.15, 0.2) is 6.07 Å². The Hall–Kier alpha value is -1.80. The van der Waals surface area contributed by atoms with Crippen molar-refractivity contribution in [2.24, 2.45) is 0 Å². The van der Waals surface area contributed by atoms with Crippen LogP contribution in [0.4, 0.5) is 5.82 Å². The van der Waals surface area contributed by atoms with Gasteiger partial charge in [-0.25, -0.2) is 4.98 Å². The molecule has 1 rings (SSSR count). The molecule has 1 heterocycles. The number of aromatic nitrogens is 2. The van der Waals surface area contributed by atoms with Gasteiger partial charge < -0.3 is 14.8 Å². The van der Waals surface area contributed by atoms with Gasteiger partial charge in [0.25, 0.3) is 0 Å². The number of nitrogens with one attached hydrogen (secondary N) is 1. The van der Waals surface area contributed by atoms with Gasteiger partial charge in [-0.15, -0.1) is 12.3 Å². The standard InChI is InChI=1S/C12H17N3O2/c1-4-6-7-17-12-8-10(13-3)14-11(15-12)9-16-5-2/h1,8H,5-7,9H2,2-3H3,(H,13,14,15). The Morgan fingerprint density at radius 2 is 2.29 bits per heavy atom. The van der Waals surface area contributed by atoms with E-state index in [0.29, 0.717) is 43.8 Å². The van der Waals surface area contributed by atoms with Gasteiger partial charge in [-0.2, -0.15) is 4.98 Å². The molecule has 0 saturated heterocycles. The van der Waals surface area contributed by atoms with Crippen LogP contribution in [0, 0.1) is 12.3 Å².